The first-order valence-corrected chi connectivity index (χ1v) is 4.67. The van der Waals surface area contributed by atoms with Crippen LogP contribution in [0.4, 0.5) is 17.1 Å². The lowest BCUT2D eigenvalue weighted by Gasteiger charge is -2.09. The molecule has 0 atom stereocenters. The topological polar surface area (TPSA) is 102 Å². The molecule has 0 aliphatic carbocycles. The van der Waals surface area contributed by atoms with Gasteiger partial charge in [-0.1, -0.05) is 6.07 Å². The third kappa shape index (κ3) is 2.81. The third-order valence-electron chi connectivity index (χ3n) is 2.00. The quantitative estimate of drug-likeness (QED) is 0.289. The van der Waals surface area contributed by atoms with Gasteiger partial charge in [0, 0.05) is 13.7 Å². The fourth-order valence-electron chi connectivity index (χ4n) is 1.29. The summed E-state index contributed by atoms with van der Waals surface area (Å²) < 4.78 is 4.85. The highest BCUT2D eigenvalue weighted by Gasteiger charge is 2.18. The van der Waals surface area contributed by atoms with Gasteiger partial charge in [0.2, 0.25) is 0 Å². The van der Waals surface area contributed by atoms with Crippen molar-refractivity contribution in [2.45, 2.75) is 0 Å². The number of ether oxygens (including phenoxy) is 1. The SMILES string of the molecule is COCCNc1cccc(NN)c1[N+](=O)[O-]. The molecule has 0 amide bonds. The van der Waals surface area contributed by atoms with Crippen LogP contribution in [0.5, 0.6) is 0 Å². The maximum atomic E-state index is 10.9. The number of nitrogens with one attached hydrogen (secondary N) is 2. The van der Waals surface area contributed by atoms with E-state index in [9.17, 15) is 10.1 Å². The molecule has 4 N–H and O–H groups in total. The Kier molecular flexibility index (Phi) is 4.49. The van der Waals surface area contributed by atoms with E-state index in [-0.39, 0.29) is 11.4 Å². The molecular weight excluding hydrogens is 212 g/mol. The van der Waals surface area contributed by atoms with E-state index in [2.05, 4.69) is 10.7 Å². The number of anilines is 2. The molecule has 0 aromatic heterocycles. The predicted octanol–water partition coefficient (Wildman–Crippen LogP) is 0.939. The standard InChI is InChI=1S/C9H14N4O3/c1-16-6-5-11-7-3-2-4-8(12-10)9(7)13(14)15/h2-4,11-12H,5-6,10H2,1H3. The van der Waals surface area contributed by atoms with Crippen molar-refractivity contribution in [1.82, 2.24) is 0 Å². The zero-order valence-electron chi connectivity index (χ0n) is 8.90. The number of methoxy groups -OCH3 is 1. The minimum Gasteiger partial charge on any atom is -0.383 e. The summed E-state index contributed by atoms with van der Waals surface area (Å²) in [5.74, 6) is 5.21. The zero-order valence-corrected chi connectivity index (χ0v) is 8.90. The van der Waals surface area contributed by atoms with Crippen molar-refractivity contribution in [3.05, 3.63) is 28.3 Å². The predicted molar refractivity (Wildman–Crippen MR) is 61.3 cm³/mol. The highest BCUT2D eigenvalue weighted by Crippen LogP contribution is 2.31. The van der Waals surface area contributed by atoms with Gasteiger partial charge in [-0.2, -0.15) is 0 Å². The van der Waals surface area contributed by atoms with E-state index in [0.29, 0.717) is 18.8 Å². The van der Waals surface area contributed by atoms with Crippen molar-refractivity contribution in [1.29, 1.82) is 0 Å². The van der Waals surface area contributed by atoms with Gasteiger partial charge in [0.25, 0.3) is 0 Å². The van der Waals surface area contributed by atoms with Crippen LogP contribution in [0.3, 0.4) is 0 Å². The molecule has 0 radical (unpaired) electrons. The second-order valence-corrected chi connectivity index (χ2v) is 3.02. The molecular formula is C9H14N4O3. The minimum atomic E-state index is -0.482. The van der Waals surface area contributed by atoms with Gasteiger partial charge < -0.3 is 15.5 Å². The van der Waals surface area contributed by atoms with E-state index in [1.165, 1.54) is 0 Å². The number of nitrogens with two attached hydrogens (primary N) is 1. The molecule has 0 spiro atoms. The summed E-state index contributed by atoms with van der Waals surface area (Å²) in [4.78, 5) is 10.4. The fourth-order valence-corrected chi connectivity index (χ4v) is 1.29. The summed E-state index contributed by atoms with van der Waals surface area (Å²) in [6.45, 7) is 0.961. The number of nitro groups is 1. The van der Waals surface area contributed by atoms with Gasteiger partial charge in [-0.3, -0.25) is 16.0 Å². The Labute approximate surface area is 92.7 Å². The molecule has 7 nitrogen and oxygen atoms in total. The van der Waals surface area contributed by atoms with Crippen LogP contribution >= 0.6 is 0 Å². The van der Waals surface area contributed by atoms with Gasteiger partial charge >= 0.3 is 5.69 Å². The zero-order chi connectivity index (χ0) is 12.0. The number of rotatable bonds is 6. The van der Waals surface area contributed by atoms with Gasteiger partial charge in [0.15, 0.2) is 0 Å². The molecule has 16 heavy (non-hydrogen) atoms. The number of nitrogen functional groups attached to an aromatic ring is 1. The van der Waals surface area contributed by atoms with Crippen LogP contribution in [0.25, 0.3) is 0 Å². The lowest BCUT2D eigenvalue weighted by molar-refractivity contribution is -0.383. The minimum absolute atomic E-state index is 0.0684. The maximum Gasteiger partial charge on any atom is 0.316 e. The molecule has 0 fully saturated rings. The van der Waals surface area contributed by atoms with Gasteiger partial charge in [0.1, 0.15) is 11.4 Å². The third-order valence-corrected chi connectivity index (χ3v) is 2.00. The van der Waals surface area contributed by atoms with E-state index in [1.54, 1.807) is 25.3 Å². The van der Waals surface area contributed by atoms with E-state index in [1.807, 2.05) is 0 Å². The van der Waals surface area contributed by atoms with E-state index in [4.69, 9.17) is 10.6 Å². The number of nitrogens with zero attached hydrogens (tertiary/aromatic N) is 1. The first kappa shape index (κ1) is 12.2. The molecule has 0 saturated carbocycles. The highest BCUT2D eigenvalue weighted by molar-refractivity contribution is 5.75. The Hall–Kier alpha value is -1.86. The Balaban J connectivity index is 2.93. The van der Waals surface area contributed by atoms with Crippen molar-refractivity contribution in [3.63, 3.8) is 0 Å². The molecule has 88 valence electrons. The largest absolute Gasteiger partial charge is 0.383 e. The lowest BCUT2D eigenvalue weighted by atomic mass is 10.2. The number of nitro benzene ring substituents is 1. The first-order chi connectivity index (χ1) is 7.70. The molecule has 0 aliphatic heterocycles. The van der Waals surface area contributed by atoms with Crippen molar-refractivity contribution >= 4 is 17.1 Å². The van der Waals surface area contributed by atoms with Crippen LogP contribution in [0.2, 0.25) is 0 Å². The molecule has 1 aromatic rings. The normalized spacial score (nSPS) is 9.88. The van der Waals surface area contributed by atoms with Crippen LogP contribution < -0.4 is 16.6 Å². The second-order valence-electron chi connectivity index (χ2n) is 3.02. The summed E-state index contributed by atoms with van der Waals surface area (Å²) in [6.07, 6.45) is 0. The molecule has 7 heteroatoms. The van der Waals surface area contributed by atoms with Crippen LogP contribution in [-0.2, 0) is 4.74 Å². The molecule has 1 rings (SSSR count). The number of para-hydroxylation sites is 1. The summed E-state index contributed by atoms with van der Waals surface area (Å²) in [5, 5.41) is 13.8. The van der Waals surface area contributed by atoms with Crippen LogP contribution in [0.1, 0.15) is 0 Å². The Morgan fingerprint density at radius 3 is 2.75 bits per heavy atom. The van der Waals surface area contributed by atoms with Gasteiger partial charge in [-0.05, 0) is 12.1 Å². The van der Waals surface area contributed by atoms with Crippen LogP contribution in [0, 0.1) is 10.1 Å². The van der Waals surface area contributed by atoms with E-state index in [0.717, 1.165) is 0 Å². The van der Waals surface area contributed by atoms with Crippen molar-refractivity contribution < 1.29 is 9.66 Å². The van der Waals surface area contributed by atoms with Gasteiger partial charge in [-0.25, -0.2) is 0 Å². The lowest BCUT2D eigenvalue weighted by Crippen LogP contribution is -2.13. The average Bonchev–Trinajstić information content (AvgIpc) is 2.28. The van der Waals surface area contributed by atoms with Crippen molar-refractivity contribution in [2.24, 2.45) is 5.84 Å². The molecule has 0 unspecified atom stereocenters. The average molecular weight is 226 g/mol. The molecule has 0 heterocycles. The van der Waals surface area contributed by atoms with E-state index >= 15 is 0 Å². The Morgan fingerprint density at radius 2 is 2.19 bits per heavy atom. The molecule has 0 aliphatic rings. The summed E-state index contributed by atoms with van der Waals surface area (Å²) in [5.41, 5.74) is 2.91. The van der Waals surface area contributed by atoms with E-state index < -0.39 is 4.92 Å². The Bertz CT molecular complexity index is 370. The van der Waals surface area contributed by atoms with Gasteiger partial charge in [-0.15, -0.1) is 0 Å². The molecule has 1 aromatic carbocycles. The summed E-state index contributed by atoms with van der Waals surface area (Å²) >= 11 is 0. The number of hydrazine groups is 1. The number of hydrogen-bond donors (Lipinski definition) is 3. The second kappa shape index (κ2) is 5.89. The van der Waals surface area contributed by atoms with Crippen molar-refractivity contribution in [3.8, 4) is 0 Å². The maximum absolute atomic E-state index is 10.9. The van der Waals surface area contributed by atoms with Gasteiger partial charge in [0.05, 0.1) is 11.5 Å². The first-order valence-electron chi connectivity index (χ1n) is 4.67. The van der Waals surface area contributed by atoms with Crippen LogP contribution in [0.15, 0.2) is 18.2 Å². The Morgan fingerprint density at radius 1 is 1.50 bits per heavy atom. The van der Waals surface area contributed by atoms with Crippen LogP contribution in [-0.4, -0.2) is 25.2 Å². The monoisotopic (exact) mass is 226 g/mol. The fraction of sp³-hybridized carbons (Fsp3) is 0.333. The summed E-state index contributed by atoms with van der Waals surface area (Å²) in [6, 6.07) is 4.84. The summed E-state index contributed by atoms with van der Waals surface area (Å²) in [7, 11) is 1.56. The number of benzene rings is 1. The molecule has 0 saturated heterocycles. The highest BCUT2D eigenvalue weighted by atomic mass is 16.6. The number of hydrogen-bond acceptors (Lipinski definition) is 6. The van der Waals surface area contributed by atoms with Crippen molar-refractivity contribution in [2.75, 3.05) is 31.0 Å². The molecule has 0 bridgehead atoms. The smallest absolute Gasteiger partial charge is 0.316 e.